The largest absolute Gasteiger partial charge is 0.320 e. The van der Waals surface area contributed by atoms with Crippen LogP contribution in [0.2, 0.25) is 0 Å². The third kappa shape index (κ3) is 1.67. The lowest BCUT2D eigenvalue weighted by Gasteiger charge is -2.08. The van der Waals surface area contributed by atoms with Gasteiger partial charge in [0.15, 0.2) is 0 Å². The molecule has 1 atom stereocenters. The van der Waals surface area contributed by atoms with Crippen molar-refractivity contribution >= 4 is 0 Å². The quantitative estimate of drug-likeness (QED) is 0.773. The van der Waals surface area contributed by atoms with Crippen molar-refractivity contribution in [1.82, 2.24) is 9.78 Å². The van der Waals surface area contributed by atoms with Crippen LogP contribution in [0.4, 0.5) is 0 Å². The highest BCUT2D eigenvalue weighted by Gasteiger charge is 2.09. The lowest BCUT2D eigenvalue weighted by atomic mass is 10.0. The molecule has 0 aliphatic rings. The van der Waals surface area contributed by atoms with Gasteiger partial charge in [0.1, 0.15) is 0 Å². The second-order valence-corrected chi connectivity index (χ2v) is 3.34. The van der Waals surface area contributed by atoms with Crippen molar-refractivity contribution in [2.24, 2.45) is 12.8 Å². The maximum absolute atomic E-state index is 6.08. The Labute approximate surface area is 83.2 Å². The van der Waals surface area contributed by atoms with E-state index in [4.69, 9.17) is 5.73 Å². The maximum Gasteiger partial charge on any atom is 0.0582 e. The summed E-state index contributed by atoms with van der Waals surface area (Å²) >= 11 is 0. The van der Waals surface area contributed by atoms with Crippen LogP contribution >= 0.6 is 0 Å². The molecule has 3 heteroatoms. The normalized spacial score (nSPS) is 12.7. The zero-order chi connectivity index (χ0) is 9.97. The van der Waals surface area contributed by atoms with E-state index < -0.39 is 0 Å². The highest BCUT2D eigenvalue weighted by Crippen LogP contribution is 2.17. The molecule has 1 aromatic heterocycles. The van der Waals surface area contributed by atoms with Crippen molar-refractivity contribution in [3.05, 3.63) is 53.9 Å². The minimum Gasteiger partial charge on any atom is -0.320 e. The van der Waals surface area contributed by atoms with Gasteiger partial charge in [0, 0.05) is 18.8 Å². The van der Waals surface area contributed by atoms with E-state index >= 15 is 0 Å². The molecular weight excluding hydrogens is 174 g/mol. The molecule has 0 amide bonds. The maximum atomic E-state index is 6.08. The zero-order valence-electron chi connectivity index (χ0n) is 8.09. The first-order chi connectivity index (χ1) is 6.77. The SMILES string of the molecule is Cn1cc([C@@H](N)c2ccccc2)cn1. The van der Waals surface area contributed by atoms with Crippen LogP contribution in [0, 0.1) is 0 Å². The van der Waals surface area contributed by atoms with E-state index in [0.29, 0.717) is 0 Å². The fourth-order valence-electron chi connectivity index (χ4n) is 1.45. The molecule has 0 aliphatic carbocycles. The Hall–Kier alpha value is -1.61. The molecule has 0 saturated heterocycles. The first kappa shape index (κ1) is 8.97. The third-order valence-electron chi connectivity index (χ3n) is 2.24. The lowest BCUT2D eigenvalue weighted by Crippen LogP contribution is -2.10. The van der Waals surface area contributed by atoms with Gasteiger partial charge in [-0.15, -0.1) is 0 Å². The van der Waals surface area contributed by atoms with Crippen LogP contribution in [0.25, 0.3) is 0 Å². The molecular formula is C11H13N3. The molecule has 1 aromatic carbocycles. The summed E-state index contributed by atoms with van der Waals surface area (Å²) in [7, 11) is 1.89. The fourth-order valence-corrected chi connectivity index (χ4v) is 1.45. The minimum atomic E-state index is -0.0788. The Morgan fingerprint density at radius 2 is 1.93 bits per heavy atom. The van der Waals surface area contributed by atoms with Gasteiger partial charge < -0.3 is 5.73 Å². The van der Waals surface area contributed by atoms with E-state index in [0.717, 1.165) is 11.1 Å². The van der Waals surface area contributed by atoms with Crippen LogP contribution in [-0.4, -0.2) is 9.78 Å². The van der Waals surface area contributed by atoms with Crippen LogP contribution in [-0.2, 0) is 7.05 Å². The molecule has 14 heavy (non-hydrogen) atoms. The number of aromatic nitrogens is 2. The molecule has 0 unspecified atom stereocenters. The van der Waals surface area contributed by atoms with E-state index in [9.17, 15) is 0 Å². The van der Waals surface area contributed by atoms with Gasteiger partial charge in [0.2, 0.25) is 0 Å². The second-order valence-electron chi connectivity index (χ2n) is 3.34. The Morgan fingerprint density at radius 1 is 1.21 bits per heavy atom. The number of aryl methyl sites for hydroxylation is 1. The molecule has 2 aromatic rings. The van der Waals surface area contributed by atoms with Crippen molar-refractivity contribution in [3.8, 4) is 0 Å². The molecule has 0 radical (unpaired) electrons. The summed E-state index contributed by atoms with van der Waals surface area (Å²) in [5.74, 6) is 0. The predicted molar refractivity (Wildman–Crippen MR) is 55.7 cm³/mol. The molecule has 0 aliphatic heterocycles. The predicted octanol–water partition coefficient (Wildman–Crippen LogP) is 1.47. The van der Waals surface area contributed by atoms with Gasteiger partial charge in [-0.1, -0.05) is 30.3 Å². The van der Waals surface area contributed by atoms with E-state index in [1.807, 2.05) is 43.6 Å². The van der Waals surface area contributed by atoms with Crippen LogP contribution in [0.1, 0.15) is 17.2 Å². The Kier molecular flexibility index (Phi) is 2.33. The highest BCUT2D eigenvalue weighted by molar-refractivity contribution is 5.28. The zero-order valence-corrected chi connectivity index (χ0v) is 8.09. The van der Waals surface area contributed by atoms with Gasteiger partial charge in [-0.3, -0.25) is 4.68 Å². The number of rotatable bonds is 2. The summed E-state index contributed by atoms with van der Waals surface area (Å²) in [5.41, 5.74) is 8.23. The monoisotopic (exact) mass is 187 g/mol. The number of nitrogens with two attached hydrogens (primary N) is 1. The summed E-state index contributed by atoms with van der Waals surface area (Å²) in [6.07, 6.45) is 3.75. The topological polar surface area (TPSA) is 43.8 Å². The molecule has 0 bridgehead atoms. The summed E-state index contributed by atoms with van der Waals surface area (Å²) in [5, 5.41) is 4.10. The number of hydrogen-bond donors (Lipinski definition) is 1. The molecule has 3 nitrogen and oxygen atoms in total. The minimum absolute atomic E-state index is 0.0788. The molecule has 1 heterocycles. The molecule has 2 N–H and O–H groups in total. The van der Waals surface area contributed by atoms with Crippen molar-refractivity contribution in [1.29, 1.82) is 0 Å². The molecule has 2 rings (SSSR count). The summed E-state index contributed by atoms with van der Waals surface area (Å²) in [4.78, 5) is 0. The van der Waals surface area contributed by atoms with Crippen LogP contribution in [0.3, 0.4) is 0 Å². The van der Waals surface area contributed by atoms with Gasteiger partial charge in [0.05, 0.1) is 12.2 Å². The Balaban J connectivity index is 2.29. The van der Waals surface area contributed by atoms with E-state index in [1.165, 1.54) is 0 Å². The van der Waals surface area contributed by atoms with Crippen molar-refractivity contribution in [3.63, 3.8) is 0 Å². The highest BCUT2D eigenvalue weighted by atomic mass is 15.2. The first-order valence-corrected chi connectivity index (χ1v) is 4.56. The number of hydrogen-bond acceptors (Lipinski definition) is 2. The average molecular weight is 187 g/mol. The van der Waals surface area contributed by atoms with E-state index in [2.05, 4.69) is 5.10 Å². The van der Waals surface area contributed by atoms with Crippen molar-refractivity contribution in [2.75, 3.05) is 0 Å². The number of benzene rings is 1. The molecule has 0 fully saturated rings. The average Bonchev–Trinajstić information content (AvgIpc) is 2.65. The second kappa shape index (κ2) is 3.64. The summed E-state index contributed by atoms with van der Waals surface area (Å²) < 4.78 is 1.76. The van der Waals surface area contributed by atoms with Gasteiger partial charge >= 0.3 is 0 Å². The van der Waals surface area contributed by atoms with E-state index in [-0.39, 0.29) is 6.04 Å². The third-order valence-corrected chi connectivity index (χ3v) is 2.24. The Morgan fingerprint density at radius 3 is 2.50 bits per heavy atom. The standard InChI is InChI=1S/C11H13N3/c1-14-8-10(7-13-14)11(12)9-5-3-2-4-6-9/h2-8,11H,12H2,1H3/t11-/m0/s1. The molecule has 0 saturated carbocycles. The summed E-state index contributed by atoms with van der Waals surface area (Å²) in [6, 6.07) is 9.94. The van der Waals surface area contributed by atoms with Crippen LogP contribution in [0.5, 0.6) is 0 Å². The Bertz CT molecular complexity index is 405. The van der Waals surface area contributed by atoms with Gasteiger partial charge in [-0.05, 0) is 5.56 Å². The smallest absolute Gasteiger partial charge is 0.0582 e. The number of nitrogens with zero attached hydrogens (tertiary/aromatic N) is 2. The first-order valence-electron chi connectivity index (χ1n) is 4.56. The van der Waals surface area contributed by atoms with Gasteiger partial charge in [-0.25, -0.2) is 0 Å². The van der Waals surface area contributed by atoms with Gasteiger partial charge in [0.25, 0.3) is 0 Å². The lowest BCUT2D eigenvalue weighted by molar-refractivity contribution is 0.765. The molecule has 0 spiro atoms. The van der Waals surface area contributed by atoms with Crippen LogP contribution < -0.4 is 5.73 Å². The van der Waals surface area contributed by atoms with E-state index in [1.54, 1.807) is 10.9 Å². The van der Waals surface area contributed by atoms with Gasteiger partial charge in [-0.2, -0.15) is 5.10 Å². The van der Waals surface area contributed by atoms with Crippen LogP contribution in [0.15, 0.2) is 42.7 Å². The van der Waals surface area contributed by atoms with Crippen molar-refractivity contribution < 1.29 is 0 Å². The van der Waals surface area contributed by atoms with Crippen molar-refractivity contribution in [2.45, 2.75) is 6.04 Å². The molecule has 72 valence electrons. The summed E-state index contributed by atoms with van der Waals surface area (Å²) in [6.45, 7) is 0. The fraction of sp³-hybridized carbons (Fsp3) is 0.182.